The van der Waals surface area contributed by atoms with Gasteiger partial charge in [-0.3, -0.25) is 10.2 Å². The van der Waals surface area contributed by atoms with Crippen LogP contribution in [0.1, 0.15) is 11.1 Å². The molecule has 1 aliphatic rings. The molecule has 4 rings (SSSR count). The van der Waals surface area contributed by atoms with E-state index in [-0.39, 0.29) is 28.9 Å². The maximum absolute atomic E-state index is 13.2. The fourth-order valence-corrected chi connectivity index (χ4v) is 3.04. The zero-order valence-corrected chi connectivity index (χ0v) is 15.3. The molecule has 1 aromatic heterocycles. The smallest absolute Gasteiger partial charge is 0.395 e. The van der Waals surface area contributed by atoms with Gasteiger partial charge in [0.05, 0.1) is 29.7 Å². The second-order valence-corrected chi connectivity index (χ2v) is 6.60. The van der Waals surface area contributed by atoms with Gasteiger partial charge in [-0.2, -0.15) is 0 Å². The van der Waals surface area contributed by atoms with E-state index in [4.69, 9.17) is 11.6 Å². The average Bonchev–Trinajstić information content (AvgIpc) is 2.96. The van der Waals surface area contributed by atoms with Crippen LogP contribution in [0.15, 0.2) is 48.8 Å². The zero-order chi connectivity index (χ0) is 19.9. The van der Waals surface area contributed by atoms with Crippen molar-refractivity contribution in [3.05, 3.63) is 64.9 Å². The Labute approximate surface area is 163 Å². The van der Waals surface area contributed by atoms with Gasteiger partial charge in [0.1, 0.15) is 0 Å². The maximum Gasteiger partial charge on any atom is 0.586 e. The first-order valence-electron chi connectivity index (χ1n) is 8.25. The molecule has 0 aliphatic carbocycles. The second-order valence-electron chi connectivity index (χ2n) is 6.19. The van der Waals surface area contributed by atoms with Gasteiger partial charge in [-0.1, -0.05) is 35.9 Å². The van der Waals surface area contributed by atoms with Gasteiger partial charge in [-0.05, 0) is 24.1 Å². The van der Waals surface area contributed by atoms with E-state index in [2.05, 4.69) is 19.4 Å². The Bertz CT molecular complexity index is 1030. The number of fused-ring (bicyclic) bond motifs is 1. The number of aromatic nitrogens is 2. The number of rotatable bonds is 4. The van der Waals surface area contributed by atoms with Crippen molar-refractivity contribution in [3.63, 3.8) is 0 Å². The summed E-state index contributed by atoms with van der Waals surface area (Å²) in [7, 11) is 0. The monoisotopic (exact) mass is 405 g/mol. The fourth-order valence-electron chi connectivity index (χ4n) is 2.79. The molecule has 6 nitrogen and oxygen atoms in total. The van der Waals surface area contributed by atoms with Crippen molar-refractivity contribution >= 4 is 17.4 Å². The van der Waals surface area contributed by atoms with E-state index in [0.29, 0.717) is 11.3 Å². The Morgan fingerprint density at radius 1 is 1.11 bits per heavy atom. The van der Waals surface area contributed by atoms with E-state index in [0.717, 1.165) is 16.2 Å². The third kappa shape index (κ3) is 3.56. The quantitative estimate of drug-likeness (QED) is 0.627. The van der Waals surface area contributed by atoms with Gasteiger partial charge < -0.3 is 9.47 Å². The molecule has 0 amide bonds. The predicted molar refractivity (Wildman–Crippen MR) is 97.8 cm³/mol. The number of halogens is 3. The number of ether oxygens (including phenoxy) is 2. The van der Waals surface area contributed by atoms with Gasteiger partial charge in [0, 0.05) is 11.6 Å². The Morgan fingerprint density at radius 2 is 1.82 bits per heavy atom. The third-order valence-corrected chi connectivity index (χ3v) is 4.56. The summed E-state index contributed by atoms with van der Waals surface area (Å²) in [6, 6.07) is 10.2. The average molecular weight is 406 g/mol. The lowest BCUT2D eigenvalue weighted by Gasteiger charge is -2.17. The normalized spacial score (nSPS) is 14.2. The van der Waals surface area contributed by atoms with Crippen LogP contribution >= 0.6 is 11.6 Å². The summed E-state index contributed by atoms with van der Waals surface area (Å²) in [5.74, 6) is -0.0582. The molecule has 0 unspecified atom stereocenters. The second kappa shape index (κ2) is 6.88. The Hall–Kier alpha value is -2.97. The van der Waals surface area contributed by atoms with Gasteiger partial charge in [0.2, 0.25) is 0 Å². The summed E-state index contributed by atoms with van der Waals surface area (Å²) < 4.78 is 35.2. The summed E-state index contributed by atoms with van der Waals surface area (Å²) in [5, 5.41) is 11.4. The molecule has 28 heavy (non-hydrogen) atoms. The standard InChI is InChI=1S/C19H14ClF2N3O3/c1-11-4-2-3-5-12(11)10-25(26)18-9-23-15(8-24-18)13-6-16-17(7-14(13)20)28-19(21,22)27-16/h2-9,26H,10H2,1H3. The van der Waals surface area contributed by atoms with Crippen molar-refractivity contribution in [1.82, 2.24) is 9.97 Å². The van der Waals surface area contributed by atoms with E-state index in [1.807, 2.05) is 31.2 Å². The Balaban J connectivity index is 1.57. The molecule has 1 aliphatic heterocycles. The number of benzene rings is 2. The SMILES string of the molecule is Cc1ccccc1CN(O)c1cnc(-c2cc3c(cc2Cl)OC(F)(F)O3)cn1. The van der Waals surface area contributed by atoms with Gasteiger partial charge >= 0.3 is 6.29 Å². The maximum atomic E-state index is 13.2. The highest BCUT2D eigenvalue weighted by Gasteiger charge is 2.43. The summed E-state index contributed by atoms with van der Waals surface area (Å²) in [5.41, 5.74) is 2.66. The molecular formula is C19H14ClF2N3O3. The molecular weight excluding hydrogens is 392 g/mol. The Morgan fingerprint density at radius 3 is 2.50 bits per heavy atom. The summed E-state index contributed by atoms with van der Waals surface area (Å²) in [6.45, 7) is 2.18. The minimum absolute atomic E-state index is 0.140. The largest absolute Gasteiger partial charge is 0.586 e. The van der Waals surface area contributed by atoms with Gasteiger partial charge in [-0.15, -0.1) is 8.78 Å². The third-order valence-electron chi connectivity index (χ3n) is 4.25. The molecule has 2 aromatic carbocycles. The van der Waals surface area contributed by atoms with Gasteiger partial charge in [0.25, 0.3) is 0 Å². The lowest BCUT2D eigenvalue weighted by molar-refractivity contribution is -0.286. The van der Waals surface area contributed by atoms with Crippen LogP contribution in [-0.4, -0.2) is 21.5 Å². The molecule has 0 radical (unpaired) electrons. The van der Waals surface area contributed by atoms with Gasteiger partial charge in [-0.25, -0.2) is 10.0 Å². The summed E-state index contributed by atoms with van der Waals surface area (Å²) in [4.78, 5) is 8.40. The van der Waals surface area contributed by atoms with Crippen LogP contribution < -0.4 is 14.5 Å². The molecule has 0 saturated carbocycles. The molecule has 1 N–H and O–H groups in total. The first-order chi connectivity index (χ1) is 13.3. The van der Waals surface area contributed by atoms with Crippen LogP contribution in [0, 0.1) is 6.92 Å². The van der Waals surface area contributed by atoms with E-state index in [1.54, 1.807) is 0 Å². The van der Waals surface area contributed by atoms with Crippen LogP contribution in [0.25, 0.3) is 11.3 Å². The van der Waals surface area contributed by atoms with Crippen molar-refractivity contribution in [1.29, 1.82) is 0 Å². The van der Waals surface area contributed by atoms with Crippen LogP contribution in [0.2, 0.25) is 5.02 Å². The number of aryl methyl sites for hydroxylation is 1. The highest BCUT2D eigenvalue weighted by Crippen LogP contribution is 2.45. The van der Waals surface area contributed by atoms with Crippen LogP contribution in [0.4, 0.5) is 14.6 Å². The summed E-state index contributed by atoms with van der Waals surface area (Å²) >= 11 is 6.15. The number of hydrogen-bond donors (Lipinski definition) is 1. The van der Waals surface area contributed by atoms with Crippen LogP contribution in [0.3, 0.4) is 0 Å². The van der Waals surface area contributed by atoms with Crippen molar-refractivity contribution in [3.8, 4) is 22.8 Å². The first-order valence-corrected chi connectivity index (χ1v) is 8.63. The van der Waals surface area contributed by atoms with Crippen molar-refractivity contribution in [2.24, 2.45) is 0 Å². The lowest BCUT2D eigenvalue weighted by Crippen LogP contribution is -2.25. The highest BCUT2D eigenvalue weighted by atomic mass is 35.5. The molecule has 9 heteroatoms. The van der Waals surface area contributed by atoms with Crippen LogP contribution in [-0.2, 0) is 6.54 Å². The van der Waals surface area contributed by atoms with Crippen LogP contribution in [0.5, 0.6) is 11.5 Å². The molecule has 2 heterocycles. The van der Waals surface area contributed by atoms with E-state index in [1.165, 1.54) is 24.5 Å². The number of hydroxylamine groups is 1. The molecule has 0 saturated heterocycles. The molecule has 3 aromatic rings. The molecule has 0 bridgehead atoms. The van der Waals surface area contributed by atoms with Crippen molar-refractivity contribution in [2.75, 3.05) is 5.06 Å². The first kappa shape index (κ1) is 18.4. The van der Waals surface area contributed by atoms with Crippen molar-refractivity contribution < 1.29 is 23.5 Å². The molecule has 0 spiro atoms. The fraction of sp³-hybridized carbons (Fsp3) is 0.158. The number of hydrogen-bond acceptors (Lipinski definition) is 6. The zero-order valence-electron chi connectivity index (χ0n) is 14.6. The predicted octanol–water partition coefficient (Wildman–Crippen LogP) is 4.82. The highest BCUT2D eigenvalue weighted by molar-refractivity contribution is 6.33. The molecule has 0 atom stereocenters. The minimum Gasteiger partial charge on any atom is -0.395 e. The van der Waals surface area contributed by atoms with E-state index in [9.17, 15) is 14.0 Å². The number of nitrogens with zero attached hydrogens (tertiary/aromatic N) is 3. The molecule has 144 valence electrons. The number of alkyl halides is 2. The number of anilines is 1. The van der Waals surface area contributed by atoms with Crippen molar-refractivity contribution in [2.45, 2.75) is 19.8 Å². The Kier molecular flexibility index (Phi) is 4.52. The van der Waals surface area contributed by atoms with E-state index < -0.39 is 6.29 Å². The minimum atomic E-state index is -3.73. The van der Waals surface area contributed by atoms with E-state index >= 15 is 0 Å². The molecule has 0 fully saturated rings. The summed E-state index contributed by atoms with van der Waals surface area (Å²) in [6.07, 6.45) is -0.978. The van der Waals surface area contributed by atoms with Gasteiger partial charge in [0.15, 0.2) is 17.3 Å². The topological polar surface area (TPSA) is 67.7 Å². The lowest BCUT2D eigenvalue weighted by atomic mass is 10.1.